The lowest BCUT2D eigenvalue weighted by molar-refractivity contribution is -0.292. The van der Waals surface area contributed by atoms with Gasteiger partial charge in [0.25, 0.3) is 0 Å². The van der Waals surface area contributed by atoms with E-state index in [2.05, 4.69) is 4.98 Å². The second-order valence-electron chi connectivity index (χ2n) is 8.19. The summed E-state index contributed by atoms with van der Waals surface area (Å²) in [6.07, 6.45) is -5.04. The number of hydrogen-bond acceptors (Lipinski definition) is 4. The van der Waals surface area contributed by atoms with Crippen LogP contribution in [0.25, 0.3) is 0 Å². The number of hydrogen-bond donors (Lipinski definition) is 2. The maximum atomic E-state index is 14.5. The smallest absolute Gasteiger partial charge is 0.459 e. The quantitative estimate of drug-likeness (QED) is 0.302. The highest BCUT2D eigenvalue weighted by Gasteiger charge is 2.62. The molecule has 0 atom stereocenters. The molecule has 12 heteroatoms. The number of aryl methyl sites for hydroxylation is 1. The molecule has 37 heavy (non-hydrogen) atoms. The molecule has 0 fully saturated rings. The maximum absolute atomic E-state index is 14.5. The summed E-state index contributed by atoms with van der Waals surface area (Å²) in [4.78, 5) is 26.5. The largest absolute Gasteiger partial charge is 0.489 e. The molecular formula is C25H23F5N2O5. The number of carboxylic acids is 2. The summed E-state index contributed by atoms with van der Waals surface area (Å²) in [7, 11) is 0. The van der Waals surface area contributed by atoms with Gasteiger partial charge >= 0.3 is 24.0 Å². The molecule has 2 N–H and O–H groups in total. The third kappa shape index (κ3) is 6.07. The molecule has 1 heterocycles. The number of unbranched alkanes of at least 4 members (excludes halogenated alkanes) is 1. The fourth-order valence-electron chi connectivity index (χ4n) is 3.69. The lowest BCUT2D eigenvalue weighted by atomic mass is 10.1. The lowest BCUT2D eigenvalue weighted by Gasteiger charge is -2.22. The van der Waals surface area contributed by atoms with E-state index >= 15 is 0 Å². The Morgan fingerprint density at radius 1 is 0.973 bits per heavy atom. The minimum atomic E-state index is -6.03. The summed E-state index contributed by atoms with van der Waals surface area (Å²) in [5.74, 6) is -8.45. The Morgan fingerprint density at radius 2 is 1.62 bits per heavy atom. The molecule has 0 saturated carbocycles. The van der Waals surface area contributed by atoms with Crippen LogP contribution < -0.4 is 4.74 Å². The van der Waals surface area contributed by atoms with E-state index in [1.165, 1.54) is 30.3 Å². The number of carboxylic acid groups (broad SMARTS) is 2. The molecule has 0 aliphatic heterocycles. The zero-order valence-corrected chi connectivity index (χ0v) is 19.6. The second kappa shape index (κ2) is 11.0. The number of alkyl halides is 5. The molecule has 7 nitrogen and oxygen atoms in total. The van der Waals surface area contributed by atoms with E-state index in [0.717, 1.165) is 0 Å². The van der Waals surface area contributed by atoms with Crippen LogP contribution in [0.3, 0.4) is 0 Å². The van der Waals surface area contributed by atoms with Crippen LogP contribution in [0.2, 0.25) is 0 Å². The van der Waals surface area contributed by atoms with Gasteiger partial charge < -0.3 is 19.5 Å². The SMILES string of the molecule is CCCCc1nc(C(=O)O)c(C(F)(F)C(F)(F)F)n1Cc1ccc(OCc2ccccc2C(=O)O)cc1. The van der Waals surface area contributed by atoms with E-state index in [-0.39, 0.29) is 24.4 Å². The molecule has 0 radical (unpaired) electrons. The van der Waals surface area contributed by atoms with Crippen molar-refractivity contribution in [1.82, 2.24) is 9.55 Å². The van der Waals surface area contributed by atoms with Crippen LogP contribution in [0, 0.1) is 0 Å². The summed E-state index contributed by atoms with van der Waals surface area (Å²) in [5.41, 5.74) is -2.29. The Bertz CT molecular complexity index is 1270. The highest BCUT2D eigenvalue weighted by Crippen LogP contribution is 2.45. The van der Waals surface area contributed by atoms with E-state index < -0.39 is 42.0 Å². The average molecular weight is 526 g/mol. The molecule has 0 bridgehead atoms. The summed E-state index contributed by atoms with van der Waals surface area (Å²) >= 11 is 0. The Kier molecular flexibility index (Phi) is 8.19. The number of aromatic carboxylic acids is 2. The van der Waals surface area contributed by atoms with Crippen LogP contribution in [0.15, 0.2) is 48.5 Å². The van der Waals surface area contributed by atoms with E-state index in [1.54, 1.807) is 25.1 Å². The predicted molar refractivity (Wildman–Crippen MR) is 121 cm³/mol. The first-order chi connectivity index (χ1) is 17.4. The van der Waals surface area contributed by atoms with Crippen molar-refractivity contribution in [3.63, 3.8) is 0 Å². The van der Waals surface area contributed by atoms with Gasteiger partial charge in [-0.1, -0.05) is 43.7 Å². The molecule has 1 aromatic heterocycles. The van der Waals surface area contributed by atoms with E-state index in [1.807, 2.05) is 0 Å². The molecular weight excluding hydrogens is 503 g/mol. The van der Waals surface area contributed by atoms with Crippen molar-refractivity contribution >= 4 is 11.9 Å². The maximum Gasteiger partial charge on any atom is 0.459 e. The Hall–Kier alpha value is -3.96. The Labute approximate surface area is 208 Å². The fourth-order valence-corrected chi connectivity index (χ4v) is 3.69. The van der Waals surface area contributed by atoms with Crippen molar-refractivity contribution in [3.05, 3.63) is 82.4 Å². The van der Waals surface area contributed by atoms with Gasteiger partial charge in [-0.2, -0.15) is 22.0 Å². The molecule has 2 aromatic carbocycles. The zero-order chi connectivity index (χ0) is 27.4. The van der Waals surface area contributed by atoms with Crippen LogP contribution >= 0.6 is 0 Å². The van der Waals surface area contributed by atoms with Gasteiger partial charge in [0.2, 0.25) is 0 Å². The van der Waals surface area contributed by atoms with Crippen molar-refractivity contribution in [2.75, 3.05) is 0 Å². The van der Waals surface area contributed by atoms with Crippen LogP contribution in [0.5, 0.6) is 5.75 Å². The van der Waals surface area contributed by atoms with Crippen LogP contribution in [-0.2, 0) is 25.5 Å². The topological polar surface area (TPSA) is 102 Å². The predicted octanol–water partition coefficient (Wildman–Crippen LogP) is 5.90. The molecule has 0 spiro atoms. The zero-order valence-electron chi connectivity index (χ0n) is 19.6. The van der Waals surface area contributed by atoms with Gasteiger partial charge in [0.1, 0.15) is 23.9 Å². The van der Waals surface area contributed by atoms with Crippen LogP contribution in [0.1, 0.15) is 63.3 Å². The number of rotatable bonds is 11. The van der Waals surface area contributed by atoms with Crippen molar-refractivity contribution in [2.24, 2.45) is 0 Å². The monoisotopic (exact) mass is 526 g/mol. The molecule has 3 aromatic rings. The van der Waals surface area contributed by atoms with Crippen LogP contribution in [-0.4, -0.2) is 37.9 Å². The molecule has 0 aliphatic rings. The number of halogens is 5. The number of benzene rings is 2. The minimum absolute atomic E-state index is 0.00883. The normalized spacial score (nSPS) is 11.9. The van der Waals surface area contributed by atoms with Crippen LogP contribution in [0.4, 0.5) is 22.0 Å². The number of carbonyl (C=O) groups is 2. The number of nitrogens with zero attached hydrogens (tertiary/aromatic N) is 2. The first kappa shape index (κ1) is 27.6. The third-order valence-electron chi connectivity index (χ3n) is 5.56. The fraction of sp³-hybridized carbons (Fsp3) is 0.320. The average Bonchev–Trinajstić information content (AvgIpc) is 3.20. The van der Waals surface area contributed by atoms with Gasteiger partial charge in [-0.25, -0.2) is 14.6 Å². The number of ether oxygens (including phenoxy) is 1. The number of aromatic nitrogens is 2. The first-order valence-electron chi connectivity index (χ1n) is 11.2. The first-order valence-corrected chi connectivity index (χ1v) is 11.2. The second-order valence-corrected chi connectivity index (χ2v) is 8.19. The molecule has 0 aliphatic carbocycles. The molecule has 0 amide bonds. The molecule has 3 rings (SSSR count). The van der Waals surface area contributed by atoms with Gasteiger partial charge in [0.05, 0.1) is 5.56 Å². The Balaban J connectivity index is 1.92. The van der Waals surface area contributed by atoms with E-state index in [0.29, 0.717) is 34.3 Å². The molecule has 0 unspecified atom stereocenters. The van der Waals surface area contributed by atoms with E-state index in [4.69, 9.17) is 4.74 Å². The van der Waals surface area contributed by atoms with Crippen molar-refractivity contribution < 1.29 is 46.5 Å². The summed E-state index contributed by atoms with van der Waals surface area (Å²) in [5, 5.41) is 18.6. The van der Waals surface area contributed by atoms with Gasteiger partial charge in [-0.15, -0.1) is 0 Å². The lowest BCUT2D eigenvalue weighted by Crippen LogP contribution is -2.37. The van der Waals surface area contributed by atoms with Gasteiger partial charge in [0, 0.05) is 18.5 Å². The summed E-state index contributed by atoms with van der Waals surface area (Å²) in [6, 6.07) is 12.0. The highest BCUT2D eigenvalue weighted by atomic mass is 19.4. The third-order valence-corrected chi connectivity index (χ3v) is 5.56. The van der Waals surface area contributed by atoms with Crippen molar-refractivity contribution in [3.8, 4) is 5.75 Å². The Morgan fingerprint density at radius 3 is 2.19 bits per heavy atom. The summed E-state index contributed by atoms with van der Waals surface area (Å²) < 4.78 is 75.0. The molecule has 198 valence electrons. The van der Waals surface area contributed by atoms with Crippen molar-refractivity contribution in [1.29, 1.82) is 0 Å². The van der Waals surface area contributed by atoms with Gasteiger partial charge in [-0.05, 0) is 30.2 Å². The van der Waals surface area contributed by atoms with E-state index in [9.17, 15) is 41.8 Å². The highest BCUT2D eigenvalue weighted by molar-refractivity contribution is 5.89. The summed E-state index contributed by atoms with van der Waals surface area (Å²) in [6.45, 7) is 1.22. The standard InChI is InChI=1S/C25H23F5N2O5/c1-2-3-8-19-31-20(23(35)36)21(24(26,27)25(28,29)30)32(19)13-15-9-11-17(12-10-15)37-14-16-6-4-5-7-18(16)22(33)34/h4-7,9-12H,2-3,8,13-14H2,1H3,(H,33,34)(H,35,36). The van der Waals surface area contributed by atoms with Crippen molar-refractivity contribution in [2.45, 2.75) is 51.4 Å². The van der Waals surface area contributed by atoms with Gasteiger partial charge in [0.15, 0.2) is 5.69 Å². The minimum Gasteiger partial charge on any atom is -0.489 e. The number of imidazole rings is 1. The van der Waals surface area contributed by atoms with Gasteiger partial charge in [-0.3, -0.25) is 0 Å². The molecule has 0 saturated heterocycles.